The van der Waals surface area contributed by atoms with Crippen LogP contribution in [0.1, 0.15) is 2.85 Å². The van der Waals surface area contributed by atoms with Gasteiger partial charge in [0.15, 0.2) is 17.4 Å². The summed E-state index contributed by atoms with van der Waals surface area (Å²) < 4.78 is 0. The summed E-state index contributed by atoms with van der Waals surface area (Å²) in [6.45, 7) is 0. The second kappa shape index (κ2) is 19.0. The molecule has 0 radical (unpaired) electrons. The van der Waals surface area contributed by atoms with Crippen molar-refractivity contribution in [3.8, 4) is 0 Å². The zero-order valence-corrected chi connectivity index (χ0v) is 6.08. The molecule has 0 N–H and O–H groups in total. The molecule has 0 aromatic carbocycles. The van der Waals surface area contributed by atoms with Gasteiger partial charge < -0.3 is 10.3 Å². The molecule has 0 nitrogen and oxygen atoms in total. The third kappa shape index (κ3) is 8.89. The minimum Gasteiger partial charge on any atom is -1.00 e. The molecular formula is CH8AlMgZr-. The van der Waals surface area contributed by atoms with Crippen LogP contribution in [-0.4, -0.2) is 40.4 Å². The van der Waals surface area contributed by atoms with E-state index in [1.165, 1.54) is 0 Å². The number of rotatable bonds is 0. The van der Waals surface area contributed by atoms with Crippen LogP contribution in [0, 0.1) is 7.43 Å². The summed E-state index contributed by atoms with van der Waals surface area (Å²) in [6, 6.07) is 0. The molecule has 0 aromatic rings. The van der Waals surface area contributed by atoms with Gasteiger partial charge in [0.05, 0.1) is 0 Å². The largest absolute Gasteiger partial charge is 2.00 e. The fourth-order valence-corrected chi connectivity index (χ4v) is 0. The molecule has 0 aliphatic heterocycles. The van der Waals surface area contributed by atoms with Crippen molar-refractivity contribution in [1.29, 1.82) is 0 Å². The summed E-state index contributed by atoms with van der Waals surface area (Å²) >= 11 is 0. The molecule has 22 valence electrons. The van der Waals surface area contributed by atoms with Crippen molar-refractivity contribution in [2.24, 2.45) is 0 Å². The van der Waals surface area contributed by atoms with Crippen molar-refractivity contribution in [2.45, 2.75) is 0 Å². The second-order valence-corrected chi connectivity index (χ2v) is 0. The van der Waals surface area contributed by atoms with Gasteiger partial charge in [0.2, 0.25) is 0 Å². The Bertz CT molecular complexity index is 13.5. The minimum atomic E-state index is 0. The molecule has 0 unspecified atom stereocenters. The molecule has 0 aromatic heterocycles. The van der Waals surface area contributed by atoms with Gasteiger partial charge in [-0.05, 0) is 0 Å². The van der Waals surface area contributed by atoms with Crippen LogP contribution in [0.25, 0.3) is 0 Å². The fraction of sp³-hybridized carbons (Fsp3) is 0. The Balaban J connectivity index is 0. The van der Waals surface area contributed by atoms with Crippen LogP contribution in [0.15, 0.2) is 0 Å². The molecule has 0 spiro atoms. The smallest absolute Gasteiger partial charge is 1.00 e. The van der Waals surface area contributed by atoms with Gasteiger partial charge >= 0.3 is 23.1 Å². The average Bonchev–Trinajstić information content (AvgIpc) is 0. The Kier molecular flexibility index (Phi) is 166. The Labute approximate surface area is 76.1 Å². The van der Waals surface area contributed by atoms with Crippen molar-refractivity contribution in [1.82, 2.24) is 0 Å². The Morgan fingerprint density at radius 1 is 1.25 bits per heavy atom. The molecule has 0 bridgehead atoms. The molecule has 0 heterocycles. The van der Waals surface area contributed by atoms with E-state index in [9.17, 15) is 0 Å². The van der Waals surface area contributed by atoms with Gasteiger partial charge in [-0.25, -0.2) is 0 Å². The van der Waals surface area contributed by atoms with Crippen LogP contribution in [0.3, 0.4) is 0 Å². The first-order valence-electron chi connectivity index (χ1n) is 0. The molecule has 0 saturated heterocycles. The van der Waals surface area contributed by atoms with Gasteiger partial charge in [-0.3, -0.25) is 0 Å². The summed E-state index contributed by atoms with van der Waals surface area (Å²) in [5.74, 6) is 0. The second-order valence-electron chi connectivity index (χ2n) is 0. The molecule has 4 heavy (non-hydrogen) atoms. The molecule has 0 fully saturated rings. The minimum absolute atomic E-state index is 0. The Morgan fingerprint density at radius 2 is 1.25 bits per heavy atom. The molecule has 0 amide bonds. The first-order chi connectivity index (χ1) is 0. The van der Waals surface area contributed by atoms with E-state index in [0.717, 1.165) is 0 Å². The molecule has 0 rings (SSSR count). The Hall–Kier alpha value is 2.18. The van der Waals surface area contributed by atoms with E-state index in [0.29, 0.717) is 0 Å². The fourth-order valence-electron chi connectivity index (χ4n) is 0. The zero-order valence-electron chi connectivity index (χ0n) is 4.21. The quantitative estimate of drug-likeness (QED) is 0.320. The van der Waals surface area contributed by atoms with Gasteiger partial charge in [0.25, 0.3) is 0 Å². The van der Waals surface area contributed by atoms with Crippen molar-refractivity contribution < 1.29 is 29.1 Å². The predicted octanol–water partition coefficient (Wildman–Crippen LogP) is -0.892. The van der Waals surface area contributed by atoms with E-state index in [4.69, 9.17) is 0 Å². The summed E-state index contributed by atoms with van der Waals surface area (Å²) in [5.41, 5.74) is 0. The number of hydrogen-bond acceptors (Lipinski definition) is 0. The van der Waals surface area contributed by atoms with E-state index >= 15 is 0 Å². The molecule has 3 heteroatoms. The van der Waals surface area contributed by atoms with Crippen LogP contribution < -0.4 is 0 Å². The topological polar surface area (TPSA) is 0 Å². The summed E-state index contributed by atoms with van der Waals surface area (Å²) in [6.07, 6.45) is 0. The summed E-state index contributed by atoms with van der Waals surface area (Å²) in [4.78, 5) is 0. The summed E-state index contributed by atoms with van der Waals surface area (Å²) in [7, 11) is 0. The zero-order chi connectivity index (χ0) is 0. The average molecular weight is 163 g/mol. The first-order valence-corrected chi connectivity index (χ1v) is 0. The predicted molar refractivity (Wildman–Crippen MR) is 24.3 cm³/mol. The Morgan fingerprint density at radius 3 is 1.25 bits per heavy atom. The maximum atomic E-state index is 0. The van der Waals surface area contributed by atoms with Gasteiger partial charge in [-0.2, -0.15) is 0 Å². The molecule has 0 aliphatic carbocycles. The van der Waals surface area contributed by atoms with Crippen LogP contribution in [-0.2, 0) is 26.2 Å². The van der Waals surface area contributed by atoms with Gasteiger partial charge in [-0.1, -0.05) is 0 Å². The normalized spacial score (nSPS) is 0. The molecule has 0 atom stereocenters. The van der Waals surface area contributed by atoms with Crippen LogP contribution in [0.5, 0.6) is 0 Å². The molecular weight excluding hydrogens is 155 g/mol. The van der Waals surface area contributed by atoms with Crippen molar-refractivity contribution in [2.75, 3.05) is 0 Å². The van der Waals surface area contributed by atoms with Crippen LogP contribution in [0.4, 0.5) is 0 Å². The monoisotopic (exact) mass is 161 g/mol. The van der Waals surface area contributed by atoms with Gasteiger partial charge in [0, 0.05) is 26.2 Å². The van der Waals surface area contributed by atoms with E-state index in [-0.39, 0.29) is 76.9 Å². The van der Waals surface area contributed by atoms with E-state index in [1.807, 2.05) is 0 Å². The first kappa shape index (κ1) is 34.9. The number of hydrogen-bond donors (Lipinski definition) is 0. The van der Waals surface area contributed by atoms with E-state index in [2.05, 4.69) is 0 Å². The van der Waals surface area contributed by atoms with Gasteiger partial charge in [-0.15, -0.1) is 0 Å². The van der Waals surface area contributed by atoms with Crippen molar-refractivity contribution in [3.63, 3.8) is 0 Å². The SMILES string of the molecule is [AlH3].[CH3-].[H-].[H-].[Mg+2].[Zr]. The van der Waals surface area contributed by atoms with E-state index < -0.39 is 0 Å². The molecule has 0 aliphatic rings. The maximum Gasteiger partial charge on any atom is 2.00 e. The molecule has 0 saturated carbocycles. The maximum absolute atomic E-state index is 0. The third-order valence-electron chi connectivity index (χ3n) is 0. The van der Waals surface area contributed by atoms with Crippen molar-refractivity contribution >= 4 is 40.4 Å². The third-order valence-corrected chi connectivity index (χ3v) is 0. The standard InChI is InChI=1S/CH3.Al.Mg.Zr.5H/h1H3;;;;;;;;/q-1;;+2;;;;;2*-1. The van der Waals surface area contributed by atoms with Crippen LogP contribution >= 0.6 is 0 Å². The van der Waals surface area contributed by atoms with E-state index in [1.54, 1.807) is 0 Å². The van der Waals surface area contributed by atoms with Gasteiger partial charge in [0.1, 0.15) is 0 Å². The van der Waals surface area contributed by atoms with Crippen molar-refractivity contribution in [3.05, 3.63) is 7.43 Å². The summed E-state index contributed by atoms with van der Waals surface area (Å²) in [5, 5.41) is 0. The van der Waals surface area contributed by atoms with Crippen LogP contribution in [0.2, 0.25) is 0 Å².